The maximum absolute atomic E-state index is 12.5. The van der Waals surface area contributed by atoms with E-state index in [-0.39, 0.29) is 5.92 Å². The van der Waals surface area contributed by atoms with Crippen LogP contribution in [-0.2, 0) is 6.18 Å². The smallest absolute Gasteiger partial charge is 0.166 e. The Bertz CT molecular complexity index is 508. The van der Waals surface area contributed by atoms with Gasteiger partial charge < -0.3 is 0 Å². The molecule has 0 atom stereocenters. The monoisotopic (exact) mass is 243 g/mol. The lowest BCUT2D eigenvalue weighted by Crippen LogP contribution is -2.03. The largest absolute Gasteiger partial charge is 0.416 e. The molecule has 2 rings (SSSR count). The summed E-state index contributed by atoms with van der Waals surface area (Å²) in [5, 5.41) is 3.95. The van der Waals surface area contributed by atoms with Crippen molar-refractivity contribution >= 4 is 21.4 Å². The zero-order chi connectivity index (χ0) is 11.9. The van der Waals surface area contributed by atoms with Crippen molar-refractivity contribution in [3.8, 4) is 0 Å². The van der Waals surface area contributed by atoms with E-state index in [1.807, 2.05) is 13.8 Å². The zero-order valence-electron chi connectivity index (χ0n) is 8.85. The summed E-state index contributed by atoms with van der Waals surface area (Å²) in [5.41, 5.74) is 0.402. The first-order valence-electron chi connectivity index (χ1n) is 4.91. The molecule has 0 nitrogen and oxygen atoms in total. The highest BCUT2D eigenvalue weighted by Gasteiger charge is 2.30. The molecule has 0 bridgehead atoms. The van der Waals surface area contributed by atoms with Crippen LogP contribution in [0.1, 0.15) is 30.9 Å². The number of hydrogen-bond donors (Lipinski definition) is 0. The predicted octanol–water partition coefficient (Wildman–Crippen LogP) is 4.84. The van der Waals surface area contributed by atoms with E-state index in [2.05, 4.69) is 5.38 Å². The number of fused-ring (bicyclic) bond motifs is 1. The van der Waals surface area contributed by atoms with Gasteiger partial charge in [0, 0.05) is 10.1 Å². The molecule has 2 aromatic rings. The van der Waals surface area contributed by atoms with Crippen LogP contribution in [0.3, 0.4) is 0 Å². The first-order chi connectivity index (χ1) is 7.39. The topological polar surface area (TPSA) is 0 Å². The molecule has 85 valence electrons. The number of hydrogen-bond acceptors (Lipinski definition) is 1. The Hall–Kier alpha value is -1.03. The molecule has 0 N–H and O–H groups in total. The van der Waals surface area contributed by atoms with Gasteiger partial charge in [0.2, 0.25) is 0 Å². The van der Waals surface area contributed by atoms with Crippen molar-refractivity contribution < 1.29 is 13.2 Å². The highest BCUT2D eigenvalue weighted by molar-refractivity contribution is 7.16. The Morgan fingerprint density at radius 3 is 2.50 bits per heavy atom. The van der Waals surface area contributed by atoms with Gasteiger partial charge in [-0.15, -0.1) is 11.3 Å². The van der Waals surface area contributed by atoms with E-state index < -0.39 is 11.7 Å². The number of thiophene rings is 1. The Balaban J connectivity index is 2.58. The minimum absolute atomic E-state index is 0.283. The molecule has 0 saturated heterocycles. The normalized spacial score (nSPS) is 12.6. The summed E-state index contributed by atoms with van der Waals surface area (Å²) in [5.74, 6) is 0.283. The first-order valence-corrected chi connectivity index (χ1v) is 5.72. The maximum Gasteiger partial charge on any atom is 0.416 e. The lowest BCUT2D eigenvalue weighted by atomic mass is 10.0. The SMILES string of the molecule is CC(C)c1[c]sc2cc(C(F)(F)F)ccc12. The van der Waals surface area contributed by atoms with E-state index in [0.717, 1.165) is 17.0 Å². The molecule has 0 saturated carbocycles. The highest BCUT2D eigenvalue weighted by Crippen LogP contribution is 2.36. The van der Waals surface area contributed by atoms with Gasteiger partial charge in [0.15, 0.2) is 0 Å². The summed E-state index contributed by atoms with van der Waals surface area (Å²) < 4.78 is 38.1. The summed E-state index contributed by atoms with van der Waals surface area (Å²) in [4.78, 5) is 0. The van der Waals surface area contributed by atoms with Gasteiger partial charge in [-0.2, -0.15) is 13.2 Å². The third-order valence-electron chi connectivity index (χ3n) is 2.45. The summed E-state index contributed by atoms with van der Waals surface area (Å²) in [6.07, 6.45) is -4.27. The van der Waals surface area contributed by atoms with Gasteiger partial charge >= 0.3 is 6.18 Å². The molecule has 1 aromatic heterocycles. The molecule has 0 unspecified atom stereocenters. The van der Waals surface area contributed by atoms with Gasteiger partial charge in [-0.1, -0.05) is 19.9 Å². The molecule has 0 aliphatic carbocycles. The molecule has 0 spiro atoms. The average molecular weight is 243 g/mol. The fraction of sp³-hybridized carbons (Fsp3) is 0.333. The van der Waals surface area contributed by atoms with Crippen LogP contribution in [-0.4, -0.2) is 0 Å². The van der Waals surface area contributed by atoms with Crippen LogP contribution in [0.2, 0.25) is 0 Å². The van der Waals surface area contributed by atoms with Crippen LogP contribution >= 0.6 is 11.3 Å². The lowest BCUT2D eigenvalue weighted by molar-refractivity contribution is -0.137. The molecule has 4 heteroatoms. The Kier molecular flexibility index (Phi) is 2.70. The summed E-state index contributed by atoms with van der Waals surface area (Å²) >= 11 is 1.25. The van der Waals surface area contributed by atoms with Gasteiger partial charge in [-0.05, 0) is 29.0 Å². The number of alkyl halides is 3. The molecular formula is C12H10F3S. The molecule has 1 aromatic carbocycles. The average Bonchev–Trinajstić information content (AvgIpc) is 2.58. The third-order valence-corrected chi connectivity index (χ3v) is 3.33. The predicted molar refractivity (Wildman–Crippen MR) is 59.8 cm³/mol. The molecule has 16 heavy (non-hydrogen) atoms. The van der Waals surface area contributed by atoms with E-state index >= 15 is 0 Å². The van der Waals surface area contributed by atoms with Crippen LogP contribution in [0.25, 0.3) is 10.1 Å². The number of benzene rings is 1. The van der Waals surface area contributed by atoms with Crippen molar-refractivity contribution in [3.63, 3.8) is 0 Å². The van der Waals surface area contributed by atoms with Crippen molar-refractivity contribution in [1.82, 2.24) is 0 Å². The highest BCUT2D eigenvalue weighted by atomic mass is 32.1. The fourth-order valence-electron chi connectivity index (χ4n) is 1.60. The van der Waals surface area contributed by atoms with Gasteiger partial charge in [-0.25, -0.2) is 0 Å². The van der Waals surface area contributed by atoms with Crippen LogP contribution < -0.4 is 0 Å². The van der Waals surface area contributed by atoms with E-state index in [9.17, 15) is 13.2 Å². The zero-order valence-corrected chi connectivity index (χ0v) is 9.67. The maximum atomic E-state index is 12.5. The quantitative estimate of drug-likeness (QED) is 0.672. The van der Waals surface area contributed by atoms with E-state index in [4.69, 9.17) is 0 Å². The van der Waals surface area contributed by atoms with Gasteiger partial charge in [-0.3, -0.25) is 0 Å². The molecular weight excluding hydrogens is 233 g/mol. The fourth-order valence-corrected chi connectivity index (χ4v) is 2.64. The van der Waals surface area contributed by atoms with Crippen molar-refractivity contribution in [3.05, 3.63) is 34.7 Å². The molecule has 0 fully saturated rings. The van der Waals surface area contributed by atoms with E-state index in [1.165, 1.54) is 17.4 Å². The standard InChI is InChI=1S/C12H10F3S/c1-7(2)10-6-16-11-5-8(12(13,14)15)3-4-9(10)11/h3-5,7H,1-2H3. The molecule has 1 heterocycles. The second-order valence-corrected chi connectivity index (χ2v) is 4.83. The van der Waals surface area contributed by atoms with Crippen LogP contribution in [0, 0.1) is 5.38 Å². The number of halogens is 3. The summed E-state index contributed by atoms with van der Waals surface area (Å²) in [6, 6.07) is 3.87. The number of rotatable bonds is 1. The van der Waals surface area contributed by atoms with Crippen LogP contribution in [0.15, 0.2) is 18.2 Å². The summed E-state index contributed by atoms with van der Waals surface area (Å²) in [6.45, 7) is 4.02. The van der Waals surface area contributed by atoms with Crippen molar-refractivity contribution in [2.75, 3.05) is 0 Å². The minimum Gasteiger partial charge on any atom is -0.166 e. The minimum atomic E-state index is -4.27. The van der Waals surface area contributed by atoms with E-state index in [1.54, 1.807) is 6.07 Å². The third kappa shape index (κ3) is 1.94. The van der Waals surface area contributed by atoms with Gasteiger partial charge in [0.25, 0.3) is 0 Å². The van der Waals surface area contributed by atoms with Crippen molar-refractivity contribution in [2.45, 2.75) is 25.9 Å². The molecule has 1 radical (unpaired) electrons. The summed E-state index contributed by atoms with van der Waals surface area (Å²) in [7, 11) is 0. The van der Waals surface area contributed by atoms with Crippen LogP contribution in [0.5, 0.6) is 0 Å². The van der Waals surface area contributed by atoms with Gasteiger partial charge in [0.1, 0.15) is 0 Å². The van der Waals surface area contributed by atoms with Crippen molar-refractivity contribution in [1.29, 1.82) is 0 Å². The van der Waals surface area contributed by atoms with Gasteiger partial charge in [0.05, 0.1) is 5.56 Å². The molecule has 0 aliphatic heterocycles. The lowest BCUT2D eigenvalue weighted by Gasteiger charge is -2.07. The first kappa shape index (κ1) is 11.5. The second kappa shape index (κ2) is 3.77. The molecule has 0 amide bonds. The second-order valence-electron chi connectivity index (χ2n) is 3.98. The Labute approximate surface area is 95.7 Å². The van der Waals surface area contributed by atoms with Crippen LogP contribution in [0.4, 0.5) is 13.2 Å². The Morgan fingerprint density at radius 2 is 1.94 bits per heavy atom. The molecule has 0 aliphatic rings. The Morgan fingerprint density at radius 1 is 1.25 bits per heavy atom. The van der Waals surface area contributed by atoms with Crippen molar-refractivity contribution in [2.24, 2.45) is 0 Å². The van der Waals surface area contributed by atoms with E-state index in [0.29, 0.717) is 4.70 Å².